The highest BCUT2D eigenvalue weighted by Gasteiger charge is 2.10. The molecule has 0 fully saturated rings. The zero-order chi connectivity index (χ0) is 9.14. The van der Waals surface area contributed by atoms with Gasteiger partial charge in [-0.05, 0) is 6.07 Å². The molecule has 0 aliphatic rings. The van der Waals surface area contributed by atoms with Gasteiger partial charge in [0.25, 0.3) is 5.69 Å². The minimum atomic E-state index is -0.398. The molecule has 0 aliphatic carbocycles. The Kier molecular flexibility index (Phi) is 2.33. The zero-order valence-corrected chi connectivity index (χ0v) is 7.00. The summed E-state index contributed by atoms with van der Waals surface area (Å²) in [4.78, 5) is 10.1. The van der Waals surface area contributed by atoms with Gasteiger partial charge >= 0.3 is 0 Å². The lowest BCUT2D eigenvalue weighted by Crippen LogP contribution is -2.05. The van der Waals surface area contributed by atoms with Crippen molar-refractivity contribution in [1.29, 1.82) is 0 Å². The van der Waals surface area contributed by atoms with Crippen molar-refractivity contribution in [1.82, 2.24) is 0 Å². The topological polar surface area (TPSA) is 55.2 Å². The standard InChI is InChI=1S/C7H9BN2O2/c1-9-6-4-5(8)2-3-7(6)10(11)12/h2-4,9H,8H2,1H3. The summed E-state index contributed by atoms with van der Waals surface area (Å²) in [5.74, 6) is 0. The van der Waals surface area contributed by atoms with Gasteiger partial charge < -0.3 is 5.32 Å². The molecular weight excluding hydrogens is 155 g/mol. The van der Waals surface area contributed by atoms with Crippen molar-refractivity contribution in [3.63, 3.8) is 0 Å². The number of anilines is 1. The summed E-state index contributed by atoms with van der Waals surface area (Å²) in [5, 5.41) is 13.2. The Labute approximate surface area is 71.2 Å². The first-order valence-electron chi connectivity index (χ1n) is 3.58. The van der Waals surface area contributed by atoms with Gasteiger partial charge in [0.2, 0.25) is 0 Å². The summed E-state index contributed by atoms with van der Waals surface area (Å²) < 4.78 is 0. The molecule has 0 amide bonds. The smallest absolute Gasteiger partial charge is 0.292 e. The molecule has 0 spiro atoms. The van der Waals surface area contributed by atoms with Crippen LogP contribution in [0, 0.1) is 10.1 Å². The fraction of sp³-hybridized carbons (Fsp3) is 0.143. The molecule has 0 heterocycles. The maximum Gasteiger partial charge on any atom is 0.292 e. The fourth-order valence-electron chi connectivity index (χ4n) is 1.01. The molecular formula is C7H9BN2O2. The largest absolute Gasteiger partial charge is 0.383 e. The van der Waals surface area contributed by atoms with E-state index in [-0.39, 0.29) is 5.69 Å². The van der Waals surface area contributed by atoms with Gasteiger partial charge in [-0.2, -0.15) is 0 Å². The van der Waals surface area contributed by atoms with E-state index in [0.717, 1.165) is 5.46 Å². The lowest BCUT2D eigenvalue weighted by Gasteiger charge is -2.01. The maximum absolute atomic E-state index is 10.5. The highest BCUT2D eigenvalue weighted by molar-refractivity contribution is 6.32. The molecule has 5 heteroatoms. The monoisotopic (exact) mass is 164 g/mol. The molecule has 0 radical (unpaired) electrons. The minimum Gasteiger partial charge on any atom is -0.383 e. The first kappa shape index (κ1) is 8.58. The number of hydrogen-bond acceptors (Lipinski definition) is 3. The van der Waals surface area contributed by atoms with E-state index in [9.17, 15) is 10.1 Å². The van der Waals surface area contributed by atoms with Crippen molar-refractivity contribution in [2.75, 3.05) is 12.4 Å². The minimum absolute atomic E-state index is 0.114. The third-order valence-corrected chi connectivity index (χ3v) is 1.62. The Morgan fingerprint density at radius 1 is 1.58 bits per heavy atom. The summed E-state index contributed by atoms with van der Waals surface area (Å²) in [6.07, 6.45) is 0. The number of nitro benzene ring substituents is 1. The Hall–Kier alpha value is -1.52. The van der Waals surface area contributed by atoms with Crippen molar-refractivity contribution < 1.29 is 4.92 Å². The van der Waals surface area contributed by atoms with E-state index in [4.69, 9.17) is 0 Å². The molecule has 62 valence electrons. The van der Waals surface area contributed by atoms with Crippen molar-refractivity contribution in [2.24, 2.45) is 0 Å². The molecule has 1 rings (SSSR count). The number of benzene rings is 1. The predicted molar refractivity (Wildman–Crippen MR) is 50.8 cm³/mol. The van der Waals surface area contributed by atoms with E-state index in [0.29, 0.717) is 5.69 Å². The van der Waals surface area contributed by atoms with Gasteiger partial charge in [-0.25, -0.2) is 0 Å². The molecule has 0 aromatic heterocycles. The Morgan fingerprint density at radius 3 is 2.75 bits per heavy atom. The van der Waals surface area contributed by atoms with E-state index < -0.39 is 4.92 Å². The highest BCUT2D eigenvalue weighted by Crippen LogP contribution is 2.20. The lowest BCUT2D eigenvalue weighted by molar-refractivity contribution is -0.383. The second kappa shape index (κ2) is 3.25. The molecule has 12 heavy (non-hydrogen) atoms. The van der Waals surface area contributed by atoms with Crippen molar-refractivity contribution in [3.8, 4) is 0 Å². The Morgan fingerprint density at radius 2 is 2.25 bits per heavy atom. The summed E-state index contributed by atoms with van der Waals surface area (Å²) in [7, 11) is 3.56. The van der Waals surface area contributed by atoms with Crippen LogP contribution in [0.4, 0.5) is 11.4 Å². The molecule has 0 saturated heterocycles. The molecule has 1 aromatic carbocycles. The summed E-state index contributed by atoms with van der Waals surface area (Å²) >= 11 is 0. The van der Waals surface area contributed by atoms with Gasteiger partial charge in [-0.15, -0.1) is 0 Å². The number of nitro groups is 1. The molecule has 1 N–H and O–H groups in total. The lowest BCUT2D eigenvalue weighted by atomic mass is 9.95. The van der Waals surface area contributed by atoms with Crippen molar-refractivity contribution in [3.05, 3.63) is 28.3 Å². The normalized spacial score (nSPS) is 9.42. The van der Waals surface area contributed by atoms with Crippen LogP contribution in [-0.2, 0) is 0 Å². The molecule has 0 aliphatic heterocycles. The third kappa shape index (κ3) is 1.55. The quantitative estimate of drug-likeness (QED) is 0.377. The molecule has 0 saturated carbocycles. The molecule has 0 atom stereocenters. The third-order valence-electron chi connectivity index (χ3n) is 1.62. The number of nitrogens with one attached hydrogen (secondary N) is 1. The van der Waals surface area contributed by atoms with Crippen LogP contribution >= 0.6 is 0 Å². The van der Waals surface area contributed by atoms with E-state index in [1.54, 1.807) is 19.2 Å². The van der Waals surface area contributed by atoms with Crippen LogP contribution in [0.3, 0.4) is 0 Å². The van der Waals surface area contributed by atoms with Crippen LogP contribution in [-0.4, -0.2) is 19.8 Å². The summed E-state index contributed by atoms with van der Waals surface area (Å²) in [5.41, 5.74) is 1.67. The van der Waals surface area contributed by atoms with Crippen LogP contribution in [0.15, 0.2) is 18.2 Å². The van der Waals surface area contributed by atoms with E-state index in [1.165, 1.54) is 6.07 Å². The zero-order valence-electron chi connectivity index (χ0n) is 7.00. The maximum atomic E-state index is 10.5. The van der Waals surface area contributed by atoms with E-state index >= 15 is 0 Å². The van der Waals surface area contributed by atoms with Gasteiger partial charge in [0.05, 0.1) is 4.92 Å². The predicted octanol–water partition coefficient (Wildman–Crippen LogP) is -0.105. The van der Waals surface area contributed by atoms with E-state index in [2.05, 4.69) is 5.32 Å². The summed E-state index contributed by atoms with van der Waals surface area (Å²) in [6, 6.07) is 4.97. The number of nitrogens with zero attached hydrogens (tertiary/aromatic N) is 1. The molecule has 0 bridgehead atoms. The molecule has 1 aromatic rings. The molecule has 4 nitrogen and oxygen atoms in total. The summed E-state index contributed by atoms with van der Waals surface area (Å²) in [6.45, 7) is 0. The highest BCUT2D eigenvalue weighted by atomic mass is 16.6. The van der Waals surface area contributed by atoms with Crippen molar-refractivity contribution >= 4 is 24.7 Å². The SMILES string of the molecule is Bc1ccc([N+](=O)[O-])c(NC)c1. The van der Waals surface area contributed by atoms with Gasteiger partial charge in [-0.3, -0.25) is 10.1 Å². The van der Waals surface area contributed by atoms with Crippen molar-refractivity contribution in [2.45, 2.75) is 0 Å². The average Bonchev–Trinajstić information content (AvgIpc) is 2.03. The fourth-order valence-corrected chi connectivity index (χ4v) is 1.01. The first-order chi connectivity index (χ1) is 5.65. The Bertz CT molecular complexity index is 314. The van der Waals surface area contributed by atoms with Crippen LogP contribution in [0.25, 0.3) is 0 Å². The first-order valence-corrected chi connectivity index (χ1v) is 3.58. The van der Waals surface area contributed by atoms with Gasteiger partial charge in [-0.1, -0.05) is 11.5 Å². The van der Waals surface area contributed by atoms with E-state index in [1.807, 2.05) is 7.85 Å². The number of hydrogen-bond donors (Lipinski definition) is 1. The Balaban J connectivity index is 3.20. The second-order valence-corrected chi connectivity index (χ2v) is 2.53. The van der Waals surface area contributed by atoms with Gasteiger partial charge in [0, 0.05) is 13.1 Å². The van der Waals surface area contributed by atoms with Gasteiger partial charge in [0.15, 0.2) is 0 Å². The van der Waals surface area contributed by atoms with Crippen LogP contribution < -0.4 is 10.8 Å². The second-order valence-electron chi connectivity index (χ2n) is 2.53. The van der Waals surface area contributed by atoms with Gasteiger partial charge in [0.1, 0.15) is 13.5 Å². The molecule has 0 unspecified atom stereocenters. The van der Waals surface area contributed by atoms with Crippen LogP contribution in [0.2, 0.25) is 0 Å². The van der Waals surface area contributed by atoms with Crippen LogP contribution in [0.1, 0.15) is 0 Å². The average molecular weight is 164 g/mol. The van der Waals surface area contributed by atoms with Crippen LogP contribution in [0.5, 0.6) is 0 Å². The number of rotatable bonds is 2.